The molecule has 0 saturated heterocycles. The molecule has 58 heavy (non-hydrogen) atoms. The molecule has 0 unspecified atom stereocenters. The predicted molar refractivity (Wildman–Crippen MR) is 246 cm³/mol. The summed E-state index contributed by atoms with van der Waals surface area (Å²) in [6, 6.07) is 77.8. The van der Waals surface area contributed by atoms with Gasteiger partial charge in [0.1, 0.15) is 0 Å². The monoisotopic (exact) mass is 736 g/mol. The van der Waals surface area contributed by atoms with E-state index in [9.17, 15) is 0 Å². The van der Waals surface area contributed by atoms with E-state index < -0.39 is 0 Å². The standard InChI is InChI=1S/C56H36N2/c1-4-14-37(15-5-1)40-24-26-47-48-27-25-43(36-53(48)46-21-11-10-20-45(46)52(47)35-40)58-55-23-13-12-22-49(55)50-28-29-54-51(56(50)58)30-31-57(54)44-33-41(38-16-6-2-7-17-38)32-42(34-44)39-18-8-3-9-19-39/h1-36H. The molecule has 0 bridgehead atoms. The topological polar surface area (TPSA) is 9.86 Å². The highest BCUT2D eigenvalue weighted by Gasteiger charge is 2.19. The fourth-order valence-corrected chi connectivity index (χ4v) is 9.41. The van der Waals surface area contributed by atoms with E-state index >= 15 is 0 Å². The summed E-state index contributed by atoms with van der Waals surface area (Å²) >= 11 is 0. The molecule has 0 aliphatic heterocycles. The molecule has 2 aromatic heterocycles. The average Bonchev–Trinajstić information content (AvgIpc) is 3.89. The Morgan fingerprint density at radius 2 is 0.759 bits per heavy atom. The summed E-state index contributed by atoms with van der Waals surface area (Å²) in [5, 5.41) is 11.3. The zero-order chi connectivity index (χ0) is 38.2. The number of para-hydroxylation sites is 1. The average molecular weight is 737 g/mol. The molecular weight excluding hydrogens is 701 g/mol. The van der Waals surface area contributed by atoms with Crippen LogP contribution in [-0.2, 0) is 0 Å². The normalized spacial score (nSPS) is 11.8. The molecule has 0 N–H and O–H groups in total. The van der Waals surface area contributed by atoms with Crippen LogP contribution in [0, 0.1) is 0 Å². The van der Waals surface area contributed by atoms with Crippen LogP contribution in [0.25, 0.3) is 110 Å². The lowest BCUT2D eigenvalue weighted by atomic mass is 9.92. The lowest BCUT2D eigenvalue weighted by molar-refractivity contribution is 1.13. The molecule has 2 heterocycles. The maximum atomic E-state index is 2.49. The minimum absolute atomic E-state index is 1.14. The van der Waals surface area contributed by atoms with Gasteiger partial charge in [-0.25, -0.2) is 0 Å². The van der Waals surface area contributed by atoms with Gasteiger partial charge in [-0.3, -0.25) is 0 Å². The molecule has 12 aromatic rings. The molecule has 0 radical (unpaired) electrons. The molecule has 0 saturated carbocycles. The second kappa shape index (κ2) is 12.9. The van der Waals surface area contributed by atoms with Gasteiger partial charge in [-0.1, -0.05) is 158 Å². The van der Waals surface area contributed by atoms with Crippen molar-refractivity contribution in [3.63, 3.8) is 0 Å². The van der Waals surface area contributed by atoms with Crippen molar-refractivity contribution in [2.75, 3.05) is 0 Å². The summed E-state index contributed by atoms with van der Waals surface area (Å²) in [7, 11) is 0. The van der Waals surface area contributed by atoms with Gasteiger partial charge in [-0.2, -0.15) is 0 Å². The number of fused-ring (bicyclic) bond motifs is 11. The van der Waals surface area contributed by atoms with Crippen molar-refractivity contribution < 1.29 is 0 Å². The zero-order valence-electron chi connectivity index (χ0n) is 31.7. The van der Waals surface area contributed by atoms with Crippen LogP contribution in [0.2, 0.25) is 0 Å². The van der Waals surface area contributed by atoms with E-state index in [1.807, 2.05) is 0 Å². The van der Waals surface area contributed by atoms with E-state index in [1.165, 1.54) is 98.4 Å². The number of benzene rings is 10. The molecule has 0 atom stereocenters. The van der Waals surface area contributed by atoms with Crippen LogP contribution in [-0.4, -0.2) is 9.13 Å². The summed E-state index contributed by atoms with van der Waals surface area (Å²) in [6.45, 7) is 0. The van der Waals surface area contributed by atoms with Crippen LogP contribution >= 0.6 is 0 Å². The van der Waals surface area contributed by atoms with Crippen molar-refractivity contribution in [1.82, 2.24) is 9.13 Å². The Morgan fingerprint density at radius 3 is 1.41 bits per heavy atom. The third-order valence-corrected chi connectivity index (χ3v) is 12.1. The van der Waals surface area contributed by atoms with E-state index in [4.69, 9.17) is 0 Å². The number of rotatable bonds is 5. The molecule has 270 valence electrons. The van der Waals surface area contributed by atoms with Crippen LogP contribution in [0.5, 0.6) is 0 Å². The second-order valence-electron chi connectivity index (χ2n) is 15.3. The minimum Gasteiger partial charge on any atom is -0.316 e. The third kappa shape index (κ3) is 5.05. The molecule has 0 amide bonds. The van der Waals surface area contributed by atoms with Gasteiger partial charge in [0.2, 0.25) is 0 Å². The number of nitrogens with zero attached hydrogens (tertiary/aromatic N) is 2. The van der Waals surface area contributed by atoms with Gasteiger partial charge in [0.25, 0.3) is 0 Å². The van der Waals surface area contributed by atoms with Crippen molar-refractivity contribution in [2.45, 2.75) is 0 Å². The molecule has 0 aliphatic carbocycles. The van der Waals surface area contributed by atoms with Crippen LogP contribution < -0.4 is 0 Å². The van der Waals surface area contributed by atoms with Gasteiger partial charge < -0.3 is 9.13 Å². The SMILES string of the molecule is c1ccc(-c2cc(-c3ccccc3)cc(-n3ccc4c3ccc3c5ccccc5n(-c5ccc6c7ccc(-c8ccccc8)cc7c7ccccc7c6c5)c34)c2)cc1. The van der Waals surface area contributed by atoms with E-state index in [2.05, 4.69) is 228 Å². The van der Waals surface area contributed by atoms with Gasteiger partial charge in [0.15, 0.2) is 0 Å². The molecule has 10 aromatic carbocycles. The smallest absolute Gasteiger partial charge is 0.0635 e. The Bertz CT molecular complexity index is 3460. The molecule has 12 rings (SSSR count). The zero-order valence-corrected chi connectivity index (χ0v) is 31.7. The maximum absolute atomic E-state index is 2.49. The molecule has 0 spiro atoms. The Hall–Kier alpha value is -7.68. The first-order chi connectivity index (χ1) is 28.8. The Kier molecular flexibility index (Phi) is 7.26. The van der Waals surface area contributed by atoms with Crippen LogP contribution in [0.3, 0.4) is 0 Å². The van der Waals surface area contributed by atoms with Crippen molar-refractivity contribution in [3.05, 3.63) is 219 Å². The summed E-state index contributed by atoms with van der Waals surface area (Å²) in [6.07, 6.45) is 2.24. The van der Waals surface area contributed by atoms with Gasteiger partial charge >= 0.3 is 0 Å². The van der Waals surface area contributed by atoms with Gasteiger partial charge in [0, 0.05) is 33.7 Å². The summed E-state index contributed by atoms with van der Waals surface area (Å²) in [4.78, 5) is 0. The largest absolute Gasteiger partial charge is 0.316 e. The lowest BCUT2D eigenvalue weighted by Crippen LogP contribution is -1.96. The van der Waals surface area contributed by atoms with Crippen LogP contribution in [0.1, 0.15) is 0 Å². The summed E-state index contributed by atoms with van der Waals surface area (Å²) in [5.41, 5.74) is 13.1. The Balaban J connectivity index is 1.09. The van der Waals surface area contributed by atoms with E-state index in [0.29, 0.717) is 0 Å². The summed E-state index contributed by atoms with van der Waals surface area (Å²) in [5.74, 6) is 0. The van der Waals surface area contributed by atoms with Gasteiger partial charge in [-0.15, -0.1) is 0 Å². The molecule has 0 aliphatic rings. The first kappa shape index (κ1) is 32.6. The first-order valence-electron chi connectivity index (χ1n) is 20.0. The van der Waals surface area contributed by atoms with E-state index in [-0.39, 0.29) is 0 Å². The highest BCUT2D eigenvalue weighted by molar-refractivity contribution is 6.26. The predicted octanol–water partition coefficient (Wildman–Crippen LogP) is 15.2. The number of aromatic nitrogens is 2. The Labute approximate surface area is 336 Å². The van der Waals surface area contributed by atoms with Crippen molar-refractivity contribution >= 4 is 65.0 Å². The van der Waals surface area contributed by atoms with Gasteiger partial charge in [-0.05, 0) is 120 Å². The van der Waals surface area contributed by atoms with E-state index in [0.717, 1.165) is 11.4 Å². The molecule has 0 fully saturated rings. The highest BCUT2D eigenvalue weighted by atomic mass is 15.0. The maximum Gasteiger partial charge on any atom is 0.0635 e. The summed E-state index contributed by atoms with van der Waals surface area (Å²) < 4.78 is 4.85. The van der Waals surface area contributed by atoms with Crippen LogP contribution in [0.4, 0.5) is 0 Å². The highest BCUT2D eigenvalue weighted by Crippen LogP contribution is 2.42. The minimum atomic E-state index is 1.14. The third-order valence-electron chi connectivity index (χ3n) is 12.1. The van der Waals surface area contributed by atoms with E-state index in [1.54, 1.807) is 0 Å². The van der Waals surface area contributed by atoms with Crippen molar-refractivity contribution in [3.8, 4) is 44.8 Å². The molecule has 2 heteroatoms. The molecule has 2 nitrogen and oxygen atoms in total. The number of hydrogen-bond acceptors (Lipinski definition) is 0. The first-order valence-corrected chi connectivity index (χ1v) is 20.0. The number of hydrogen-bond donors (Lipinski definition) is 0. The van der Waals surface area contributed by atoms with Crippen molar-refractivity contribution in [2.24, 2.45) is 0 Å². The Morgan fingerprint density at radius 1 is 0.241 bits per heavy atom. The second-order valence-corrected chi connectivity index (χ2v) is 15.3. The van der Waals surface area contributed by atoms with Crippen molar-refractivity contribution in [1.29, 1.82) is 0 Å². The quantitative estimate of drug-likeness (QED) is 0.156. The fourth-order valence-electron chi connectivity index (χ4n) is 9.41. The lowest BCUT2D eigenvalue weighted by Gasteiger charge is -2.15. The fraction of sp³-hybridized carbons (Fsp3) is 0. The van der Waals surface area contributed by atoms with Gasteiger partial charge in [0.05, 0.1) is 16.6 Å². The molecular formula is C56H36N2. The van der Waals surface area contributed by atoms with Crippen LogP contribution in [0.15, 0.2) is 219 Å².